The molecule has 0 radical (unpaired) electrons. The smallest absolute Gasteiger partial charge is 0.167 e. The first-order chi connectivity index (χ1) is 9.72. The zero-order valence-corrected chi connectivity index (χ0v) is 11.1. The van der Waals surface area contributed by atoms with Crippen LogP contribution in [0.5, 0.6) is 5.75 Å². The zero-order chi connectivity index (χ0) is 13.9. The molecule has 0 saturated carbocycles. The molecule has 1 aliphatic heterocycles. The lowest BCUT2D eigenvalue weighted by Gasteiger charge is -2.17. The van der Waals surface area contributed by atoms with Crippen LogP contribution < -0.4 is 4.74 Å². The number of carbonyl (C=O) groups excluding carboxylic acids is 1. The van der Waals surface area contributed by atoms with E-state index in [0.717, 1.165) is 36.3 Å². The van der Waals surface area contributed by atoms with Gasteiger partial charge < -0.3 is 4.74 Å². The Balaban J connectivity index is 1.78. The number of halogens is 1. The van der Waals surface area contributed by atoms with Crippen LogP contribution >= 0.6 is 0 Å². The topological polar surface area (TPSA) is 26.3 Å². The van der Waals surface area contributed by atoms with Crippen LogP contribution in [-0.4, -0.2) is 12.4 Å². The highest BCUT2D eigenvalue weighted by Gasteiger charge is 2.14. The van der Waals surface area contributed by atoms with Crippen molar-refractivity contribution in [2.75, 3.05) is 6.61 Å². The molecular weight excluding hydrogens is 255 g/mol. The number of hydrogen-bond acceptors (Lipinski definition) is 2. The Hall–Kier alpha value is -2.16. The molecule has 0 saturated heterocycles. The van der Waals surface area contributed by atoms with Crippen molar-refractivity contribution in [2.24, 2.45) is 0 Å². The zero-order valence-electron chi connectivity index (χ0n) is 11.1. The molecular formula is C17H15FO2. The summed E-state index contributed by atoms with van der Waals surface area (Å²) >= 11 is 0. The van der Waals surface area contributed by atoms with E-state index in [-0.39, 0.29) is 11.6 Å². The number of aryl methyl sites for hydroxylation is 1. The lowest BCUT2D eigenvalue weighted by Crippen LogP contribution is -2.10. The molecule has 0 bridgehead atoms. The van der Waals surface area contributed by atoms with Crippen LogP contribution in [0, 0.1) is 5.82 Å². The Morgan fingerprint density at radius 2 is 1.95 bits per heavy atom. The molecule has 2 nitrogen and oxygen atoms in total. The number of carbonyl (C=O) groups is 1. The SMILES string of the molecule is O=C(Cc1ccc(F)cc1)c1ccc2c(c1)CCCO2. The largest absolute Gasteiger partial charge is 0.493 e. The monoisotopic (exact) mass is 270 g/mol. The summed E-state index contributed by atoms with van der Waals surface area (Å²) in [4.78, 5) is 12.3. The average Bonchev–Trinajstić information content (AvgIpc) is 2.49. The second kappa shape index (κ2) is 5.45. The van der Waals surface area contributed by atoms with Gasteiger partial charge in [0.2, 0.25) is 0 Å². The van der Waals surface area contributed by atoms with Gasteiger partial charge in [0.15, 0.2) is 5.78 Å². The van der Waals surface area contributed by atoms with E-state index in [0.29, 0.717) is 12.0 Å². The third kappa shape index (κ3) is 2.72. The minimum absolute atomic E-state index is 0.0463. The molecule has 3 heteroatoms. The first-order valence-electron chi connectivity index (χ1n) is 6.76. The molecule has 0 fully saturated rings. The molecule has 2 aromatic carbocycles. The van der Waals surface area contributed by atoms with E-state index < -0.39 is 0 Å². The molecule has 3 rings (SSSR count). The van der Waals surface area contributed by atoms with Gasteiger partial charge in [-0.05, 0) is 54.3 Å². The van der Waals surface area contributed by atoms with Crippen LogP contribution in [0.15, 0.2) is 42.5 Å². The summed E-state index contributed by atoms with van der Waals surface area (Å²) in [5.74, 6) is 0.645. The van der Waals surface area contributed by atoms with Gasteiger partial charge in [-0.15, -0.1) is 0 Å². The number of ether oxygens (including phenoxy) is 1. The maximum atomic E-state index is 12.8. The summed E-state index contributed by atoms with van der Waals surface area (Å²) in [6.07, 6.45) is 2.23. The second-order valence-electron chi connectivity index (χ2n) is 5.00. The molecule has 102 valence electrons. The summed E-state index contributed by atoms with van der Waals surface area (Å²) < 4.78 is 18.4. The minimum Gasteiger partial charge on any atom is -0.493 e. The Morgan fingerprint density at radius 3 is 2.75 bits per heavy atom. The first kappa shape index (κ1) is 12.9. The Labute approximate surface area is 117 Å². The summed E-state index contributed by atoms with van der Waals surface area (Å²) in [6, 6.07) is 11.6. The Morgan fingerprint density at radius 1 is 1.15 bits per heavy atom. The quantitative estimate of drug-likeness (QED) is 0.797. The van der Waals surface area contributed by atoms with E-state index >= 15 is 0 Å². The summed E-state index contributed by atoms with van der Waals surface area (Å²) in [6.45, 7) is 0.746. The van der Waals surface area contributed by atoms with Crippen LogP contribution in [0.1, 0.15) is 27.9 Å². The number of ketones is 1. The summed E-state index contributed by atoms with van der Waals surface area (Å²) in [5.41, 5.74) is 2.62. The number of benzene rings is 2. The van der Waals surface area contributed by atoms with Gasteiger partial charge in [-0.1, -0.05) is 12.1 Å². The molecule has 0 atom stereocenters. The summed E-state index contributed by atoms with van der Waals surface area (Å²) in [7, 11) is 0. The molecule has 1 heterocycles. The molecule has 0 aromatic heterocycles. The molecule has 0 amide bonds. The minimum atomic E-state index is -0.285. The van der Waals surface area contributed by atoms with E-state index in [2.05, 4.69) is 0 Å². The lowest BCUT2D eigenvalue weighted by atomic mass is 9.98. The van der Waals surface area contributed by atoms with Crippen molar-refractivity contribution in [3.63, 3.8) is 0 Å². The van der Waals surface area contributed by atoms with Gasteiger partial charge in [0.1, 0.15) is 11.6 Å². The Kier molecular flexibility index (Phi) is 3.50. The maximum absolute atomic E-state index is 12.8. The maximum Gasteiger partial charge on any atom is 0.167 e. The highest BCUT2D eigenvalue weighted by Crippen LogP contribution is 2.26. The third-order valence-corrected chi connectivity index (χ3v) is 3.51. The van der Waals surface area contributed by atoms with Crippen molar-refractivity contribution in [1.82, 2.24) is 0 Å². The second-order valence-corrected chi connectivity index (χ2v) is 5.00. The first-order valence-corrected chi connectivity index (χ1v) is 6.76. The molecule has 0 unspecified atom stereocenters. The van der Waals surface area contributed by atoms with E-state index in [4.69, 9.17) is 4.74 Å². The van der Waals surface area contributed by atoms with Crippen LogP contribution in [0.4, 0.5) is 4.39 Å². The van der Waals surface area contributed by atoms with E-state index in [1.807, 2.05) is 12.1 Å². The van der Waals surface area contributed by atoms with Crippen molar-refractivity contribution >= 4 is 5.78 Å². The number of Topliss-reactive ketones (excluding diaryl/α,β-unsaturated/α-hetero) is 1. The summed E-state index contributed by atoms with van der Waals surface area (Å²) in [5, 5.41) is 0. The van der Waals surface area contributed by atoms with Crippen LogP contribution in [0.2, 0.25) is 0 Å². The molecule has 0 spiro atoms. The lowest BCUT2D eigenvalue weighted by molar-refractivity contribution is 0.0992. The Bertz CT molecular complexity index is 632. The highest BCUT2D eigenvalue weighted by atomic mass is 19.1. The predicted octanol–water partition coefficient (Wildman–Crippen LogP) is 3.58. The highest BCUT2D eigenvalue weighted by molar-refractivity contribution is 5.97. The van der Waals surface area contributed by atoms with Gasteiger partial charge in [-0.3, -0.25) is 4.79 Å². The number of rotatable bonds is 3. The van der Waals surface area contributed by atoms with Crippen LogP contribution in [0.25, 0.3) is 0 Å². The van der Waals surface area contributed by atoms with Crippen LogP contribution in [0.3, 0.4) is 0 Å². The van der Waals surface area contributed by atoms with Gasteiger partial charge in [0.05, 0.1) is 6.61 Å². The van der Waals surface area contributed by atoms with Crippen molar-refractivity contribution in [3.05, 3.63) is 65.0 Å². The van der Waals surface area contributed by atoms with Crippen molar-refractivity contribution in [3.8, 4) is 5.75 Å². The van der Waals surface area contributed by atoms with Crippen molar-refractivity contribution < 1.29 is 13.9 Å². The van der Waals surface area contributed by atoms with Gasteiger partial charge in [0.25, 0.3) is 0 Å². The molecule has 20 heavy (non-hydrogen) atoms. The predicted molar refractivity (Wildman–Crippen MR) is 74.7 cm³/mol. The van der Waals surface area contributed by atoms with E-state index in [1.54, 1.807) is 18.2 Å². The fourth-order valence-electron chi connectivity index (χ4n) is 2.42. The van der Waals surface area contributed by atoms with Gasteiger partial charge in [-0.2, -0.15) is 0 Å². The van der Waals surface area contributed by atoms with E-state index in [1.165, 1.54) is 12.1 Å². The van der Waals surface area contributed by atoms with Gasteiger partial charge in [-0.25, -0.2) is 4.39 Å². The third-order valence-electron chi connectivity index (χ3n) is 3.51. The molecule has 1 aliphatic rings. The fraction of sp³-hybridized carbons (Fsp3) is 0.235. The van der Waals surface area contributed by atoms with Gasteiger partial charge >= 0.3 is 0 Å². The van der Waals surface area contributed by atoms with Crippen molar-refractivity contribution in [2.45, 2.75) is 19.3 Å². The number of hydrogen-bond donors (Lipinski definition) is 0. The standard InChI is InChI=1S/C17H15FO2/c18-15-6-3-12(4-7-15)10-16(19)13-5-8-17-14(11-13)2-1-9-20-17/h3-8,11H,1-2,9-10H2. The van der Waals surface area contributed by atoms with Crippen molar-refractivity contribution in [1.29, 1.82) is 0 Å². The van der Waals surface area contributed by atoms with E-state index in [9.17, 15) is 9.18 Å². The van der Waals surface area contributed by atoms with Crippen LogP contribution in [-0.2, 0) is 12.8 Å². The normalized spacial score (nSPS) is 13.4. The molecule has 2 aromatic rings. The average molecular weight is 270 g/mol. The fourth-order valence-corrected chi connectivity index (χ4v) is 2.42. The molecule has 0 N–H and O–H groups in total. The van der Waals surface area contributed by atoms with Gasteiger partial charge in [0, 0.05) is 12.0 Å². The number of fused-ring (bicyclic) bond motifs is 1. The molecule has 0 aliphatic carbocycles.